The van der Waals surface area contributed by atoms with Crippen molar-refractivity contribution in [2.45, 2.75) is 33.2 Å². The normalized spacial score (nSPS) is 14.9. The fraction of sp³-hybridized carbons (Fsp3) is 0.500. The molecule has 1 aliphatic heterocycles. The summed E-state index contributed by atoms with van der Waals surface area (Å²) in [4.78, 5) is 2.51. The monoisotopic (exact) mass is 244 g/mol. The topological polar surface area (TPSA) is 15.3 Å². The Morgan fingerprint density at radius 1 is 1.22 bits per heavy atom. The third-order valence-corrected chi connectivity index (χ3v) is 3.41. The van der Waals surface area contributed by atoms with E-state index in [-0.39, 0.29) is 0 Å². The Hall–Kier alpha value is -1.28. The average molecular weight is 244 g/mol. The number of anilines is 1. The molecule has 2 rings (SSSR count). The quantitative estimate of drug-likeness (QED) is 0.631. The summed E-state index contributed by atoms with van der Waals surface area (Å²) in [6, 6.07) is 8.77. The maximum atomic E-state index is 3.49. The Bertz CT molecular complexity index is 399. The predicted octanol–water partition coefficient (Wildman–Crippen LogP) is 3.34. The lowest BCUT2D eigenvalue weighted by Gasteiger charge is -2.21. The van der Waals surface area contributed by atoms with Gasteiger partial charge in [0.05, 0.1) is 0 Å². The van der Waals surface area contributed by atoms with E-state index in [9.17, 15) is 0 Å². The maximum Gasteiger partial charge on any atom is 0.0411 e. The van der Waals surface area contributed by atoms with Crippen molar-refractivity contribution < 1.29 is 0 Å². The summed E-state index contributed by atoms with van der Waals surface area (Å²) in [5.41, 5.74) is 4.21. The molecule has 0 aliphatic carbocycles. The van der Waals surface area contributed by atoms with Gasteiger partial charge in [0.2, 0.25) is 0 Å². The van der Waals surface area contributed by atoms with E-state index in [0.717, 1.165) is 13.1 Å². The van der Waals surface area contributed by atoms with Gasteiger partial charge < -0.3 is 10.2 Å². The SMILES string of the molecule is CC(C)=CCNCc1ccccc1N1CCCC1. The van der Waals surface area contributed by atoms with Gasteiger partial charge in [0.15, 0.2) is 0 Å². The average Bonchev–Trinajstić information content (AvgIpc) is 2.88. The Morgan fingerprint density at radius 3 is 2.67 bits per heavy atom. The largest absolute Gasteiger partial charge is 0.371 e. The Kier molecular flexibility index (Phi) is 4.82. The van der Waals surface area contributed by atoms with Gasteiger partial charge in [-0.25, -0.2) is 0 Å². The van der Waals surface area contributed by atoms with E-state index in [4.69, 9.17) is 0 Å². The smallest absolute Gasteiger partial charge is 0.0411 e. The van der Waals surface area contributed by atoms with Crippen molar-refractivity contribution in [3.05, 3.63) is 41.5 Å². The van der Waals surface area contributed by atoms with Crippen molar-refractivity contribution in [2.75, 3.05) is 24.5 Å². The Balaban J connectivity index is 1.96. The van der Waals surface area contributed by atoms with Gasteiger partial charge in [0, 0.05) is 31.9 Å². The van der Waals surface area contributed by atoms with Crippen molar-refractivity contribution in [3.63, 3.8) is 0 Å². The first kappa shape index (κ1) is 13.2. The number of allylic oxidation sites excluding steroid dienone is 1. The van der Waals surface area contributed by atoms with Crippen LogP contribution in [0.25, 0.3) is 0 Å². The van der Waals surface area contributed by atoms with Crippen LogP contribution in [0.1, 0.15) is 32.3 Å². The molecule has 0 amide bonds. The predicted molar refractivity (Wildman–Crippen MR) is 79.0 cm³/mol. The van der Waals surface area contributed by atoms with Gasteiger partial charge in [-0.2, -0.15) is 0 Å². The molecular formula is C16H24N2. The molecule has 2 nitrogen and oxygen atoms in total. The van der Waals surface area contributed by atoms with E-state index in [1.165, 1.54) is 42.8 Å². The van der Waals surface area contributed by atoms with E-state index in [1.54, 1.807) is 0 Å². The number of nitrogens with zero attached hydrogens (tertiary/aromatic N) is 1. The molecule has 1 fully saturated rings. The van der Waals surface area contributed by atoms with Gasteiger partial charge in [-0.15, -0.1) is 0 Å². The number of benzene rings is 1. The first-order valence-electron chi connectivity index (χ1n) is 6.94. The second kappa shape index (κ2) is 6.60. The van der Waals surface area contributed by atoms with Crippen LogP contribution in [0.3, 0.4) is 0 Å². The highest BCUT2D eigenvalue weighted by Gasteiger charge is 2.14. The Labute approximate surface area is 111 Å². The summed E-state index contributed by atoms with van der Waals surface area (Å²) in [7, 11) is 0. The molecule has 98 valence electrons. The molecule has 0 aromatic heterocycles. The molecular weight excluding hydrogens is 220 g/mol. The summed E-state index contributed by atoms with van der Waals surface area (Å²) in [6.07, 6.45) is 4.90. The van der Waals surface area contributed by atoms with Gasteiger partial charge in [-0.1, -0.05) is 29.8 Å². The zero-order valence-corrected chi connectivity index (χ0v) is 11.6. The zero-order valence-electron chi connectivity index (χ0n) is 11.6. The van der Waals surface area contributed by atoms with Crippen LogP contribution in [0, 0.1) is 0 Å². The molecule has 0 radical (unpaired) electrons. The number of nitrogens with one attached hydrogen (secondary N) is 1. The van der Waals surface area contributed by atoms with E-state index in [1.807, 2.05) is 0 Å². The van der Waals surface area contributed by atoms with E-state index in [2.05, 4.69) is 54.4 Å². The van der Waals surface area contributed by atoms with E-state index >= 15 is 0 Å². The summed E-state index contributed by atoms with van der Waals surface area (Å²) < 4.78 is 0. The molecule has 1 aromatic rings. The summed E-state index contributed by atoms with van der Waals surface area (Å²) in [5.74, 6) is 0. The molecule has 1 saturated heterocycles. The fourth-order valence-electron chi connectivity index (χ4n) is 2.41. The van der Waals surface area contributed by atoms with Crippen LogP contribution < -0.4 is 10.2 Å². The van der Waals surface area contributed by atoms with Gasteiger partial charge in [-0.3, -0.25) is 0 Å². The van der Waals surface area contributed by atoms with Gasteiger partial charge >= 0.3 is 0 Å². The molecule has 2 heteroatoms. The molecule has 0 bridgehead atoms. The van der Waals surface area contributed by atoms with Gasteiger partial charge in [0.25, 0.3) is 0 Å². The van der Waals surface area contributed by atoms with Crippen molar-refractivity contribution in [2.24, 2.45) is 0 Å². The van der Waals surface area contributed by atoms with Crippen LogP contribution in [-0.2, 0) is 6.54 Å². The minimum Gasteiger partial charge on any atom is -0.371 e. The number of hydrogen-bond acceptors (Lipinski definition) is 2. The van der Waals surface area contributed by atoms with Crippen molar-refractivity contribution in [1.29, 1.82) is 0 Å². The minimum atomic E-state index is 0.955. The van der Waals surface area contributed by atoms with Crippen molar-refractivity contribution in [1.82, 2.24) is 5.32 Å². The maximum absolute atomic E-state index is 3.49. The summed E-state index contributed by atoms with van der Waals surface area (Å²) in [5, 5.41) is 3.49. The second-order valence-corrected chi connectivity index (χ2v) is 5.24. The lowest BCUT2D eigenvalue weighted by Crippen LogP contribution is -2.21. The molecule has 1 heterocycles. The van der Waals surface area contributed by atoms with Crippen LogP contribution in [0.15, 0.2) is 35.9 Å². The molecule has 1 N–H and O–H groups in total. The van der Waals surface area contributed by atoms with Crippen LogP contribution in [0.5, 0.6) is 0 Å². The lowest BCUT2D eigenvalue weighted by molar-refractivity contribution is 0.752. The zero-order chi connectivity index (χ0) is 12.8. The molecule has 1 aliphatic rings. The first-order valence-corrected chi connectivity index (χ1v) is 6.94. The highest BCUT2D eigenvalue weighted by atomic mass is 15.1. The van der Waals surface area contributed by atoms with Gasteiger partial charge in [-0.05, 0) is 38.3 Å². The van der Waals surface area contributed by atoms with E-state index < -0.39 is 0 Å². The highest BCUT2D eigenvalue weighted by molar-refractivity contribution is 5.54. The minimum absolute atomic E-state index is 0.955. The lowest BCUT2D eigenvalue weighted by atomic mass is 10.1. The molecule has 18 heavy (non-hydrogen) atoms. The van der Waals surface area contributed by atoms with Crippen molar-refractivity contribution in [3.8, 4) is 0 Å². The standard InChI is InChI=1S/C16H24N2/c1-14(2)9-10-17-13-15-7-3-4-8-16(15)18-11-5-6-12-18/h3-4,7-9,17H,5-6,10-13H2,1-2H3. The molecule has 0 unspecified atom stereocenters. The first-order chi connectivity index (χ1) is 8.77. The van der Waals surface area contributed by atoms with Crippen LogP contribution >= 0.6 is 0 Å². The van der Waals surface area contributed by atoms with Crippen molar-refractivity contribution >= 4 is 5.69 Å². The number of hydrogen-bond donors (Lipinski definition) is 1. The fourth-order valence-corrected chi connectivity index (χ4v) is 2.41. The molecule has 1 aromatic carbocycles. The van der Waals surface area contributed by atoms with Gasteiger partial charge in [0.1, 0.15) is 0 Å². The molecule has 0 atom stereocenters. The summed E-state index contributed by atoms with van der Waals surface area (Å²) >= 11 is 0. The molecule has 0 saturated carbocycles. The third kappa shape index (κ3) is 3.61. The summed E-state index contributed by atoms with van der Waals surface area (Å²) in [6.45, 7) is 8.61. The third-order valence-electron chi connectivity index (χ3n) is 3.41. The van der Waals surface area contributed by atoms with Crippen LogP contribution in [-0.4, -0.2) is 19.6 Å². The highest BCUT2D eigenvalue weighted by Crippen LogP contribution is 2.24. The second-order valence-electron chi connectivity index (χ2n) is 5.24. The molecule has 0 spiro atoms. The number of rotatable bonds is 5. The Morgan fingerprint density at radius 2 is 1.94 bits per heavy atom. The van der Waals surface area contributed by atoms with Crippen LogP contribution in [0.2, 0.25) is 0 Å². The van der Waals surface area contributed by atoms with E-state index in [0.29, 0.717) is 0 Å². The van der Waals surface area contributed by atoms with Crippen LogP contribution in [0.4, 0.5) is 5.69 Å². The number of para-hydroxylation sites is 1.